The van der Waals surface area contributed by atoms with Gasteiger partial charge in [0.1, 0.15) is 5.75 Å². The molecule has 1 heterocycles. The van der Waals surface area contributed by atoms with Crippen molar-refractivity contribution < 1.29 is 17.9 Å². The average molecular weight is 423 g/mol. The lowest BCUT2D eigenvalue weighted by Gasteiger charge is -2.21. The van der Waals surface area contributed by atoms with Crippen molar-refractivity contribution in [1.29, 1.82) is 0 Å². The van der Waals surface area contributed by atoms with Gasteiger partial charge in [0, 0.05) is 24.8 Å². The van der Waals surface area contributed by atoms with Gasteiger partial charge in [-0.15, -0.1) is 0 Å². The van der Waals surface area contributed by atoms with Crippen LogP contribution in [-0.2, 0) is 16.4 Å². The third kappa shape index (κ3) is 3.52. The van der Waals surface area contributed by atoms with Gasteiger partial charge in [-0.2, -0.15) is 0 Å². The number of hydrogen-bond acceptors (Lipinski definition) is 4. The first kappa shape index (κ1) is 20.0. The van der Waals surface area contributed by atoms with Gasteiger partial charge in [-0.05, 0) is 66.6 Å². The Labute approximate surface area is 176 Å². The molecule has 154 valence electrons. The number of sulfonamides is 1. The van der Waals surface area contributed by atoms with Crippen LogP contribution >= 0.6 is 0 Å². The standard InChI is InChI=1S/C23H22N2O4S/c1-24(19-9-11-20(29-2)12-10-19)23(26)18-8-13-22-17(16-18)14-15-25(22)30(27,28)21-6-4-3-5-7-21/h3-13,16H,14-15H2,1-2H3. The van der Waals surface area contributed by atoms with Crippen molar-refractivity contribution in [3.63, 3.8) is 0 Å². The number of methoxy groups -OCH3 is 1. The first-order valence-electron chi connectivity index (χ1n) is 9.54. The Bertz CT molecular complexity index is 1180. The number of benzene rings is 3. The van der Waals surface area contributed by atoms with E-state index >= 15 is 0 Å². The zero-order valence-corrected chi connectivity index (χ0v) is 17.6. The molecule has 7 heteroatoms. The molecule has 0 saturated heterocycles. The highest BCUT2D eigenvalue weighted by Crippen LogP contribution is 2.34. The van der Waals surface area contributed by atoms with Crippen molar-refractivity contribution in [2.75, 3.05) is 29.9 Å². The van der Waals surface area contributed by atoms with Gasteiger partial charge in [0.25, 0.3) is 15.9 Å². The number of amides is 1. The molecule has 3 aromatic rings. The van der Waals surface area contributed by atoms with Crippen LogP contribution in [0.25, 0.3) is 0 Å². The highest BCUT2D eigenvalue weighted by Gasteiger charge is 2.31. The summed E-state index contributed by atoms with van der Waals surface area (Å²) in [5.41, 5.74) is 2.74. The second kappa shape index (κ2) is 7.84. The highest BCUT2D eigenvalue weighted by molar-refractivity contribution is 7.92. The van der Waals surface area contributed by atoms with E-state index in [2.05, 4.69) is 0 Å². The second-order valence-electron chi connectivity index (χ2n) is 7.05. The fourth-order valence-electron chi connectivity index (χ4n) is 3.59. The maximum Gasteiger partial charge on any atom is 0.264 e. The van der Waals surface area contributed by atoms with Crippen molar-refractivity contribution in [3.05, 3.63) is 83.9 Å². The number of nitrogens with zero attached hydrogens (tertiary/aromatic N) is 2. The van der Waals surface area contributed by atoms with E-state index in [-0.39, 0.29) is 10.8 Å². The molecule has 1 aliphatic rings. The highest BCUT2D eigenvalue weighted by atomic mass is 32.2. The van der Waals surface area contributed by atoms with Crippen LogP contribution in [0.4, 0.5) is 11.4 Å². The molecule has 0 aromatic heterocycles. The zero-order chi connectivity index (χ0) is 21.3. The minimum atomic E-state index is -3.63. The summed E-state index contributed by atoms with van der Waals surface area (Å²) in [5, 5.41) is 0. The molecular weight excluding hydrogens is 400 g/mol. The molecule has 6 nitrogen and oxygen atoms in total. The van der Waals surface area contributed by atoms with E-state index in [1.807, 2.05) is 12.1 Å². The Morgan fingerprint density at radius 1 is 1.00 bits per heavy atom. The third-order valence-corrected chi connectivity index (χ3v) is 7.10. The van der Waals surface area contributed by atoms with E-state index in [1.54, 1.807) is 79.7 Å². The second-order valence-corrected chi connectivity index (χ2v) is 8.91. The molecule has 4 rings (SSSR count). The number of rotatable bonds is 5. The molecule has 0 N–H and O–H groups in total. The minimum Gasteiger partial charge on any atom is -0.497 e. The minimum absolute atomic E-state index is 0.160. The molecule has 0 bridgehead atoms. The quantitative estimate of drug-likeness (QED) is 0.629. The summed E-state index contributed by atoms with van der Waals surface area (Å²) in [7, 11) is -0.320. The van der Waals surface area contributed by atoms with E-state index in [9.17, 15) is 13.2 Å². The Balaban J connectivity index is 1.60. The monoisotopic (exact) mass is 422 g/mol. The summed E-state index contributed by atoms with van der Waals surface area (Å²) in [4.78, 5) is 14.8. The number of carbonyl (C=O) groups excluding carboxylic acids is 1. The predicted octanol–water partition coefficient (Wildman–Crippen LogP) is 3.72. The smallest absolute Gasteiger partial charge is 0.264 e. The Kier molecular flexibility index (Phi) is 5.22. The van der Waals surface area contributed by atoms with Crippen LogP contribution in [0.3, 0.4) is 0 Å². The molecule has 0 atom stereocenters. The maximum atomic E-state index is 13.0. The van der Waals surface area contributed by atoms with Crippen LogP contribution in [0.15, 0.2) is 77.7 Å². The first-order chi connectivity index (χ1) is 14.4. The van der Waals surface area contributed by atoms with Gasteiger partial charge in [0.2, 0.25) is 0 Å². The van der Waals surface area contributed by atoms with Crippen LogP contribution < -0.4 is 13.9 Å². The van der Waals surface area contributed by atoms with Gasteiger partial charge in [-0.25, -0.2) is 8.42 Å². The molecule has 3 aromatic carbocycles. The number of anilines is 2. The van der Waals surface area contributed by atoms with Gasteiger partial charge in [0.15, 0.2) is 0 Å². The van der Waals surface area contributed by atoms with Crippen molar-refractivity contribution in [2.45, 2.75) is 11.3 Å². The molecule has 0 fully saturated rings. The van der Waals surface area contributed by atoms with Crippen molar-refractivity contribution in [3.8, 4) is 5.75 Å². The lowest BCUT2D eigenvalue weighted by molar-refractivity contribution is 0.0993. The first-order valence-corrected chi connectivity index (χ1v) is 11.0. The predicted molar refractivity (Wildman–Crippen MR) is 117 cm³/mol. The van der Waals surface area contributed by atoms with E-state index in [0.717, 1.165) is 17.0 Å². The molecule has 0 saturated carbocycles. The van der Waals surface area contributed by atoms with Crippen molar-refractivity contribution in [2.24, 2.45) is 0 Å². The maximum absolute atomic E-state index is 13.0. The number of fused-ring (bicyclic) bond motifs is 1. The summed E-state index contributed by atoms with van der Waals surface area (Å²) in [6.07, 6.45) is 0.564. The van der Waals surface area contributed by atoms with Gasteiger partial charge < -0.3 is 9.64 Å². The zero-order valence-electron chi connectivity index (χ0n) is 16.8. The molecule has 0 unspecified atom stereocenters. The average Bonchev–Trinajstić information content (AvgIpc) is 3.23. The van der Waals surface area contributed by atoms with Crippen molar-refractivity contribution >= 4 is 27.3 Å². The fourth-order valence-corrected chi connectivity index (χ4v) is 5.11. The molecule has 0 spiro atoms. The number of hydrogen-bond donors (Lipinski definition) is 0. The molecule has 0 radical (unpaired) electrons. The lowest BCUT2D eigenvalue weighted by atomic mass is 10.1. The van der Waals surface area contributed by atoms with Crippen LogP contribution in [-0.4, -0.2) is 35.0 Å². The van der Waals surface area contributed by atoms with Gasteiger partial charge in [0.05, 0.1) is 17.7 Å². The van der Waals surface area contributed by atoms with Gasteiger partial charge >= 0.3 is 0 Å². The van der Waals surface area contributed by atoms with Crippen molar-refractivity contribution in [1.82, 2.24) is 0 Å². The summed E-state index contributed by atoms with van der Waals surface area (Å²) in [6, 6.07) is 20.8. The SMILES string of the molecule is COc1ccc(N(C)C(=O)c2ccc3c(c2)CCN3S(=O)(=O)c2ccccc2)cc1. The molecule has 30 heavy (non-hydrogen) atoms. The van der Waals surface area contributed by atoms with E-state index in [1.165, 1.54) is 4.31 Å². The van der Waals surface area contributed by atoms with Crippen LogP contribution in [0, 0.1) is 0 Å². The Morgan fingerprint density at radius 2 is 1.70 bits per heavy atom. The third-order valence-electron chi connectivity index (χ3n) is 5.27. The van der Waals surface area contributed by atoms with Gasteiger partial charge in [-0.3, -0.25) is 9.10 Å². The van der Waals surface area contributed by atoms with Crippen LogP contribution in [0.1, 0.15) is 15.9 Å². The summed E-state index contributed by atoms with van der Waals surface area (Å²) in [6.45, 7) is 0.360. The van der Waals surface area contributed by atoms with E-state index < -0.39 is 10.0 Å². The molecule has 0 aliphatic carbocycles. The molecule has 1 aliphatic heterocycles. The topological polar surface area (TPSA) is 66.9 Å². The summed E-state index contributed by atoms with van der Waals surface area (Å²) < 4.78 is 32.6. The lowest BCUT2D eigenvalue weighted by Crippen LogP contribution is -2.29. The number of ether oxygens (including phenoxy) is 1. The fraction of sp³-hybridized carbons (Fsp3) is 0.174. The van der Waals surface area contributed by atoms with Crippen LogP contribution in [0.2, 0.25) is 0 Å². The molecular formula is C23H22N2O4S. The largest absolute Gasteiger partial charge is 0.497 e. The Morgan fingerprint density at radius 3 is 2.37 bits per heavy atom. The van der Waals surface area contributed by atoms with E-state index in [4.69, 9.17) is 4.74 Å². The summed E-state index contributed by atoms with van der Waals surface area (Å²) >= 11 is 0. The summed E-state index contributed by atoms with van der Waals surface area (Å²) in [5.74, 6) is 0.559. The van der Waals surface area contributed by atoms with E-state index in [0.29, 0.717) is 24.2 Å². The van der Waals surface area contributed by atoms with Gasteiger partial charge in [-0.1, -0.05) is 18.2 Å². The normalized spacial score (nSPS) is 13.1. The van der Waals surface area contributed by atoms with Crippen LogP contribution in [0.5, 0.6) is 5.75 Å². The number of carbonyl (C=O) groups is 1. The Hall–Kier alpha value is -3.32. The molecule has 1 amide bonds.